The summed E-state index contributed by atoms with van der Waals surface area (Å²) in [7, 11) is -5.36. The third kappa shape index (κ3) is 28.4. The predicted molar refractivity (Wildman–Crippen MR) is 246 cm³/mol. The second-order valence-corrected chi connectivity index (χ2v) is 17.7. The maximum absolute atomic E-state index is 14.8. The van der Waals surface area contributed by atoms with E-state index in [1.807, 2.05) is 12.1 Å². The molecule has 0 unspecified atom stereocenters. The normalized spacial score (nSPS) is 13.4. The number of alkyl halides is 14. The van der Waals surface area contributed by atoms with Crippen molar-refractivity contribution >= 4 is 10.1 Å². The average molecular weight is 1200 g/mol. The van der Waals surface area contributed by atoms with E-state index in [-0.39, 0.29) is 100 Å². The minimum atomic E-state index is -8.01. The third-order valence-electron chi connectivity index (χ3n) is 10.3. The molecular weight excluding hydrogens is 1140 g/mol. The summed E-state index contributed by atoms with van der Waals surface area (Å²) in [5.41, 5.74) is -3.56. The number of aryl methyl sites for hydroxylation is 1. The van der Waals surface area contributed by atoms with Gasteiger partial charge in [-0.3, -0.25) is 0 Å². The molecule has 0 amide bonds. The number of hydrogen-bond acceptors (Lipinski definition) is 15. The van der Waals surface area contributed by atoms with Gasteiger partial charge in [0.15, 0.2) is 5.57 Å². The van der Waals surface area contributed by atoms with Gasteiger partial charge in [0.2, 0.25) is 5.76 Å². The first-order valence-electron chi connectivity index (χ1n) is 24.4. The Balaban J connectivity index is 0.0000312. The fourth-order valence-electron chi connectivity index (χ4n) is 6.29. The van der Waals surface area contributed by atoms with E-state index in [1.54, 1.807) is 0 Å². The number of hydrogen-bond donors (Lipinski definition) is 0. The number of ether oxygens (including phenoxy) is 12. The summed E-state index contributed by atoms with van der Waals surface area (Å²) in [5.74, 6) is -28.5. The molecule has 0 radical (unpaired) electrons. The van der Waals surface area contributed by atoms with Crippen LogP contribution in [-0.4, -0.2) is 181 Å². The van der Waals surface area contributed by atoms with E-state index < -0.39 is 88.1 Å². The summed E-state index contributed by atoms with van der Waals surface area (Å²) in [6.45, 7) is 3.16. The zero-order chi connectivity index (χ0) is 58.2. The van der Waals surface area contributed by atoms with E-state index in [1.165, 1.54) is 44.1 Å². The van der Waals surface area contributed by atoms with Gasteiger partial charge in [-0.15, -0.1) is 0 Å². The molecule has 79 heavy (non-hydrogen) atoms. The van der Waals surface area contributed by atoms with Crippen LogP contribution < -0.4 is 39.0 Å². The number of allylic oxidation sites excluding steroid dienone is 2. The molecule has 2 aromatic carbocycles. The standard InChI is InChI=1S/C48H66F14O15S.Na/c1-2-3-4-5-6-7-8-37-9-11-38(12-10-37)75-35-33-73-31-29-71-27-25-69-23-21-67-19-17-66-18-20-68-22-24-70-26-28-72-30-32-74-34-36-76-48(61,62)47(59,60)46(57,58)43(49,50)41(44(51,52)53)42(45(54,55)56)77-39-13-15-40(16-14-39)78(63,64)65;/h9-16H,2-8,17-36H2,1H3,(H,63,64,65);/q;+1/p-1/b42-41+;. The number of halogens is 14. The Labute approximate surface area is 471 Å². The first-order chi connectivity index (χ1) is 36.7. The van der Waals surface area contributed by atoms with E-state index >= 15 is 0 Å². The molecule has 0 aliphatic rings. The zero-order valence-electron chi connectivity index (χ0n) is 43.5. The van der Waals surface area contributed by atoms with Gasteiger partial charge in [0.25, 0.3) is 0 Å². The Morgan fingerprint density at radius 2 is 0.797 bits per heavy atom. The molecule has 0 bridgehead atoms. The van der Waals surface area contributed by atoms with Crippen LogP contribution in [0.15, 0.2) is 64.8 Å². The van der Waals surface area contributed by atoms with Crippen molar-refractivity contribution in [2.24, 2.45) is 0 Å². The molecule has 0 saturated carbocycles. The Bertz CT molecular complexity index is 2060. The molecule has 15 nitrogen and oxygen atoms in total. The van der Waals surface area contributed by atoms with Crippen LogP contribution in [0.5, 0.6) is 11.5 Å². The maximum Gasteiger partial charge on any atom is 1.00 e. The van der Waals surface area contributed by atoms with Crippen molar-refractivity contribution in [1.29, 1.82) is 0 Å². The molecule has 0 spiro atoms. The number of benzene rings is 2. The first-order valence-corrected chi connectivity index (χ1v) is 25.8. The minimum Gasteiger partial charge on any atom is -0.744 e. The summed E-state index contributed by atoms with van der Waals surface area (Å²) in [4.78, 5) is -1.25. The predicted octanol–water partition coefficient (Wildman–Crippen LogP) is 7.00. The van der Waals surface area contributed by atoms with Gasteiger partial charge in [-0.2, -0.15) is 61.5 Å². The van der Waals surface area contributed by atoms with Crippen molar-refractivity contribution in [1.82, 2.24) is 0 Å². The van der Waals surface area contributed by atoms with Gasteiger partial charge in [0.1, 0.15) is 28.2 Å². The molecule has 0 aliphatic heterocycles. The van der Waals surface area contributed by atoms with Crippen LogP contribution in [0.4, 0.5) is 61.5 Å². The van der Waals surface area contributed by atoms with Crippen LogP contribution in [0.25, 0.3) is 0 Å². The average Bonchev–Trinajstić information content (AvgIpc) is 3.47. The number of rotatable bonds is 46. The molecule has 0 aliphatic carbocycles. The van der Waals surface area contributed by atoms with Gasteiger partial charge in [-0.25, -0.2) is 8.42 Å². The van der Waals surface area contributed by atoms with Gasteiger partial charge in [0, 0.05) is 0 Å². The molecule has 2 aromatic rings. The molecule has 0 saturated heterocycles. The fourth-order valence-corrected chi connectivity index (χ4v) is 6.76. The quantitative estimate of drug-likeness (QED) is 0.0218. The van der Waals surface area contributed by atoms with Crippen molar-refractivity contribution in [3.8, 4) is 11.5 Å². The maximum atomic E-state index is 14.8. The van der Waals surface area contributed by atoms with Gasteiger partial charge in [0.05, 0.1) is 130 Å². The van der Waals surface area contributed by atoms with Gasteiger partial charge < -0.3 is 61.4 Å². The van der Waals surface area contributed by atoms with Gasteiger partial charge in [-0.1, -0.05) is 51.2 Å². The van der Waals surface area contributed by atoms with E-state index in [2.05, 4.69) is 28.5 Å². The van der Waals surface area contributed by atoms with Crippen LogP contribution in [0.3, 0.4) is 0 Å². The molecule has 0 atom stereocenters. The summed E-state index contributed by atoms with van der Waals surface area (Å²) >= 11 is 0. The summed E-state index contributed by atoms with van der Waals surface area (Å²) < 4.78 is 291. The Morgan fingerprint density at radius 1 is 0.443 bits per heavy atom. The SMILES string of the molecule is CCCCCCCCc1ccc(OCCOCCOCCOCCOCCOCCOCCOCCOCCOCCOC(F)(F)C(F)(F)C(F)(F)C(F)(F)/C(=C(\Oc2ccc(S(=O)(=O)[O-])cc2)C(F)(F)F)C(F)(F)F)cc1.[Na+]. The molecule has 2 rings (SSSR count). The van der Waals surface area contributed by atoms with Crippen LogP contribution in [0.1, 0.15) is 51.0 Å². The number of unbranched alkanes of at least 4 members (excludes halogenated alkanes) is 5. The summed E-state index contributed by atoms with van der Waals surface area (Å²) in [5, 5.41) is 0. The molecule has 31 heteroatoms. The first kappa shape index (κ1) is 74.3. The van der Waals surface area contributed by atoms with Gasteiger partial charge in [-0.05, 0) is 54.8 Å². The van der Waals surface area contributed by atoms with Crippen molar-refractivity contribution in [3.05, 3.63) is 65.4 Å². The van der Waals surface area contributed by atoms with Gasteiger partial charge >= 0.3 is 65.8 Å². The molecule has 0 fully saturated rings. The fraction of sp³-hybridized carbons (Fsp3) is 0.708. The van der Waals surface area contributed by atoms with Crippen molar-refractivity contribution in [3.63, 3.8) is 0 Å². The molecule has 452 valence electrons. The van der Waals surface area contributed by atoms with E-state index in [0.29, 0.717) is 66.1 Å². The van der Waals surface area contributed by atoms with E-state index in [0.717, 1.165) is 12.2 Å². The Morgan fingerprint density at radius 3 is 1.16 bits per heavy atom. The summed E-state index contributed by atoms with van der Waals surface area (Å²) in [6.07, 6.45) is -12.3. The van der Waals surface area contributed by atoms with E-state index in [9.17, 15) is 74.4 Å². The minimum absolute atomic E-state index is 0. The largest absolute Gasteiger partial charge is 1.00 e. The van der Waals surface area contributed by atoms with Crippen molar-refractivity contribution < 1.29 is 161 Å². The topological polar surface area (TPSA) is 168 Å². The Hall–Kier alpha value is -2.69. The van der Waals surface area contributed by atoms with Crippen molar-refractivity contribution in [2.75, 3.05) is 132 Å². The van der Waals surface area contributed by atoms with Crippen LogP contribution in [0.2, 0.25) is 0 Å². The second-order valence-electron chi connectivity index (χ2n) is 16.3. The molecule has 0 aromatic heterocycles. The smallest absolute Gasteiger partial charge is 0.744 e. The van der Waals surface area contributed by atoms with Crippen molar-refractivity contribution in [2.45, 2.75) is 93.0 Å². The van der Waals surface area contributed by atoms with Crippen LogP contribution in [0, 0.1) is 0 Å². The monoisotopic (exact) mass is 1200 g/mol. The molecule has 0 heterocycles. The summed E-state index contributed by atoms with van der Waals surface area (Å²) in [6, 6.07) is 8.33. The zero-order valence-corrected chi connectivity index (χ0v) is 46.4. The second kappa shape index (κ2) is 38.2. The van der Waals surface area contributed by atoms with E-state index in [4.69, 9.17) is 47.4 Å². The van der Waals surface area contributed by atoms with Crippen LogP contribution in [-0.2, 0) is 63.9 Å². The van der Waals surface area contributed by atoms with Crippen LogP contribution >= 0.6 is 0 Å². The molecular formula is C48H65F14NaO15S. The molecule has 0 N–H and O–H groups in total. The third-order valence-corrected chi connectivity index (χ3v) is 11.1. The Kier molecular flexibility index (Phi) is 36.0.